The Balaban J connectivity index is 1.98. The van der Waals surface area contributed by atoms with Crippen LogP contribution in [0.25, 0.3) is 10.8 Å². The fourth-order valence-electron chi connectivity index (χ4n) is 2.54. The Morgan fingerprint density at radius 1 is 1.20 bits per heavy atom. The average molecular weight is 267 g/mol. The van der Waals surface area contributed by atoms with Crippen LogP contribution in [0.2, 0.25) is 0 Å². The van der Waals surface area contributed by atoms with Crippen LogP contribution in [-0.4, -0.2) is 14.8 Å². The topological polar surface area (TPSA) is 68.8 Å². The summed E-state index contributed by atoms with van der Waals surface area (Å²) in [4.78, 5) is 4.27. The second kappa shape index (κ2) is 5.40. The second-order valence-corrected chi connectivity index (χ2v) is 4.80. The van der Waals surface area contributed by atoms with Gasteiger partial charge in [0.2, 0.25) is 0 Å². The predicted molar refractivity (Wildman–Crippen MR) is 78.7 cm³/mol. The van der Waals surface area contributed by atoms with Gasteiger partial charge in [0.25, 0.3) is 0 Å². The Kier molecular flexibility index (Phi) is 3.45. The van der Waals surface area contributed by atoms with Gasteiger partial charge >= 0.3 is 0 Å². The molecule has 1 atom stereocenters. The first-order chi connectivity index (χ1) is 9.79. The number of fused-ring (bicyclic) bond motifs is 1. The highest BCUT2D eigenvalue weighted by atomic mass is 15.4. The quantitative estimate of drug-likeness (QED) is 0.558. The van der Waals surface area contributed by atoms with Gasteiger partial charge in [-0.05, 0) is 22.8 Å². The molecule has 1 aromatic heterocycles. The van der Waals surface area contributed by atoms with Crippen LogP contribution in [0, 0.1) is 0 Å². The zero-order chi connectivity index (χ0) is 13.9. The summed E-state index contributed by atoms with van der Waals surface area (Å²) in [6.07, 6.45) is 2.31. The van der Waals surface area contributed by atoms with Gasteiger partial charge in [-0.15, -0.1) is 0 Å². The molecular formula is C15H17N5. The van der Waals surface area contributed by atoms with Crippen LogP contribution in [0.1, 0.15) is 17.4 Å². The van der Waals surface area contributed by atoms with E-state index in [2.05, 4.69) is 51.9 Å². The third-order valence-corrected chi connectivity index (χ3v) is 3.56. The number of aromatic nitrogens is 3. The minimum atomic E-state index is -0.0618. The normalized spacial score (nSPS) is 12.7. The number of aryl methyl sites for hydroxylation is 1. The molecule has 102 valence electrons. The van der Waals surface area contributed by atoms with Crippen LogP contribution in [0.3, 0.4) is 0 Å². The first-order valence-electron chi connectivity index (χ1n) is 6.56. The molecule has 0 aliphatic carbocycles. The van der Waals surface area contributed by atoms with Gasteiger partial charge < -0.3 is 0 Å². The summed E-state index contributed by atoms with van der Waals surface area (Å²) in [6.45, 7) is 0. The number of nitrogens with two attached hydrogens (primary N) is 1. The SMILES string of the molecule is Cn1ncnc1C(Cc1cccc2ccccc12)NN. The largest absolute Gasteiger partial charge is 0.271 e. The summed E-state index contributed by atoms with van der Waals surface area (Å²) in [5.74, 6) is 6.53. The third kappa shape index (κ3) is 2.29. The van der Waals surface area contributed by atoms with Gasteiger partial charge in [0.15, 0.2) is 0 Å². The Labute approximate surface area is 117 Å². The van der Waals surface area contributed by atoms with Gasteiger partial charge in [0, 0.05) is 7.05 Å². The molecule has 2 aromatic carbocycles. The molecule has 0 aliphatic rings. The number of rotatable bonds is 4. The number of hydrazine groups is 1. The summed E-state index contributed by atoms with van der Waals surface area (Å²) in [6, 6.07) is 14.6. The van der Waals surface area contributed by atoms with Gasteiger partial charge in [-0.2, -0.15) is 5.10 Å². The lowest BCUT2D eigenvalue weighted by Crippen LogP contribution is -2.31. The monoisotopic (exact) mass is 267 g/mol. The van der Waals surface area contributed by atoms with E-state index in [1.165, 1.54) is 16.3 Å². The predicted octanol–water partition coefficient (Wildman–Crippen LogP) is 1.72. The third-order valence-electron chi connectivity index (χ3n) is 3.56. The Morgan fingerprint density at radius 3 is 2.75 bits per heavy atom. The van der Waals surface area contributed by atoms with E-state index >= 15 is 0 Å². The maximum Gasteiger partial charge on any atom is 0.145 e. The maximum absolute atomic E-state index is 5.69. The van der Waals surface area contributed by atoms with Gasteiger partial charge in [0.05, 0.1) is 6.04 Å². The fraction of sp³-hybridized carbons (Fsp3) is 0.200. The molecule has 0 bridgehead atoms. The Bertz CT molecular complexity index is 714. The molecule has 5 nitrogen and oxygen atoms in total. The van der Waals surface area contributed by atoms with Crippen molar-refractivity contribution in [3.8, 4) is 0 Å². The van der Waals surface area contributed by atoms with Crippen molar-refractivity contribution < 1.29 is 0 Å². The van der Waals surface area contributed by atoms with E-state index < -0.39 is 0 Å². The minimum Gasteiger partial charge on any atom is -0.271 e. The van der Waals surface area contributed by atoms with Crippen LogP contribution >= 0.6 is 0 Å². The first-order valence-corrected chi connectivity index (χ1v) is 6.56. The molecule has 20 heavy (non-hydrogen) atoms. The highest BCUT2D eigenvalue weighted by Gasteiger charge is 2.16. The Morgan fingerprint density at radius 2 is 2.00 bits per heavy atom. The average Bonchev–Trinajstić information content (AvgIpc) is 2.91. The van der Waals surface area contributed by atoms with Gasteiger partial charge in [-0.3, -0.25) is 10.5 Å². The number of hydrogen-bond donors (Lipinski definition) is 2. The van der Waals surface area contributed by atoms with E-state index in [4.69, 9.17) is 5.84 Å². The lowest BCUT2D eigenvalue weighted by molar-refractivity contribution is 0.497. The molecule has 0 radical (unpaired) electrons. The smallest absolute Gasteiger partial charge is 0.145 e. The van der Waals surface area contributed by atoms with Crippen LogP contribution in [0.5, 0.6) is 0 Å². The molecule has 3 rings (SSSR count). The first kappa shape index (κ1) is 12.8. The molecule has 0 saturated heterocycles. The molecular weight excluding hydrogens is 250 g/mol. The van der Waals surface area contributed by atoms with E-state index in [9.17, 15) is 0 Å². The van der Waals surface area contributed by atoms with E-state index in [0.717, 1.165) is 12.2 Å². The highest BCUT2D eigenvalue weighted by Crippen LogP contribution is 2.23. The number of nitrogens with zero attached hydrogens (tertiary/aromatic N) is 3. The van der Waals surface area contributed by atoms with Crippen molar-refractivity contribution >= 4 is 10.8 Å². The number of benzene rings is 2. The Hall–Kier alpha value is -2.24. The van der Waals surface area contributed by atoms with Crippen molar-refractivity contribution in [3.63, 3.8) is 0 Å². The molecule has 0 aliphatic heterocycles. The molecule has 0 spiro atoms. The second-order valence-electron chi connectivity index (χ2n) is 4.80. The maximum atomic E-state index is 5.69. The summed E-state index contributed by atoms with van der Waals surface area (Å²) in [7, 11) is 1.87. The fourth-order valence-corrected chi connectivity index (χ4v) is 2.54. The summed E-state index contributed by atoms with van der Waals surface area (Å²) in [5.41, 5.74) is 4.08. The zero-order valence-electron chi connectivity index (χ0n) is 11.3. The molecule has 3 N–H and O–H groups in total. The van der Waals surface area contributed by atoms with Crippen LogP contribution in [-0.2, 0) is 13.5 Å². The van der Waals surface area contributed by atoms with Gasteiger partial charge in [-0.25, -0.2) is 10.4 Å². The minimum absolute atomic E-state index is 0.0618. The number of nitrogens with one attached hydrogen (secondary N) is 1. The molecule has 0 amide bonds. The molecule has 0 saturated carbocycles. The van der Waals surface area contributed by atoms with Crippen LogP contribution in [0.15, 0.2) is 48.8 Å². The van der Waals surface area contributed by atoms with Gasteiger partial charge in [0.1, 0.15) is 12.2 Å². The molecule has 1 unspecified atom stereocenters. The molecule has 1 heterocycles. The van der Waals surface area contributed by atoms with Gasteiger partial charge in [-0.1, -0.05) is 42.5 Å². The van der Waals surface area contributed by atoms with Crippen molar-refractivity contribution in [1.29, 1.82) is 0 Å². The molecule has 5 heteroatoms. The van der Waals surface area contributed by atoms with Crippen molar-refractivity contribution in [3.05, 3.63) is 60.2 Å². The van der Waals surface area contributed by atoms with Crippen molar-refractivity contribution in [1.82, 2.24) is 20.2 Å². The van der Waals surface area contributed by atoms with Crippen molar-refractivity contribution in [2.24, 2.45) is 12.9 Å². The summed E-state index contributed by atoms with van der Waals surface area (Å²) in [5, 5.41) is 6.58. The summed E-state index contributed by atoms with van der Waals surface area (Å²) < 4.78 is 1.75. The highest BCUT2D eigenvalue weighted by molar-refractivity contribution is 5.85. The van der Waals surface area contributed by atoms with Crippen LogP contribution < -0.4 is 11.3 Å². The molecule has 3 aromatic rings. The zero-order valence-corrected chi connectivity index (χ0v) is 11.3. The van der Waals surface area contributed by atoms with E-state index in [1.807, 2.05) is 13.1 Å². The lowest BCUT2D eigenvalue weighted by atomic mass is 9.99. The summed E-state index contributed by atoms with van der Waals surface area (Å²) >= 11 is 0. The molecule has 0 fully saturated rings. The van der Waals surface area contributed by atoms with Crippen molar-refractivity contribution in [2.75, 3.05) is 0 Å². The standard InChI is InChI=1S/C15H17N5/c1-20-15(17-10-18-20)14(19-16)9-12-7-4-6-11-5-2-3-8-13(11)12/h2-8,10,14,19H,9,16H2,1H3. The van der Waals surface area contributed by atoms with E-state index in [0.29, 0.717) is 0 Å². The van der Waals surface area contributed by atoms with E-state index in [1.54, 1.807) is 11.0 Å². The number of hydrogen-bond acceptors (Lipinski definition) is 4. The van der Waals surface area contributed by atoms with Crippen LogP contribution in [0.4, 0.5) is 0 Å². The van der Waals surface area contributed by atoms with E-state index in [-0.39, 0.29) is 6.04 Å². The lowest BCUT2D eigenvalue weighted by Gasteiger charge is -2.16. The van der Waals surface area contributed by atoms with Crippen molar-refractivity contribution in [2.45, 2.75) is 12.5 Å².